The van der Waals surface area contributed by atoms with Crippen molar-refractivity contribution in [3.8, 4) is 0 Å². The Morgan fingerprint density at radius 2 is 1.91 bits per heavy atom. The quantitative estimate of drug-likeness (QED) is 0.754. The molecule has 1 aliphatic rings. The van der Waals surface area contributed by atoms with E-state index in [-0.39, 0.29) is 11.8 Å². The first kappa shape index (κ1) is 17.5. The number of nitrogens with one attached hydrogen (secondary N) is 2. The molecule has 2 rings (SSSR count). The van der Waals surface area contributed by atoms with Crippen LogP contribution in [0.2, 0.25) is 0 Å². The Bertz CT molecular complexity index is 552. The van der Waals surface area contributed by atoms with Gasteiger partial charge in [0.25, 0.3) is 11.8 Å². The number of hydrazone groups is 1. The maximum absolute atomic E-state index is 12.3. The average Bonchev–Trinajstić information content (AvgIpc) is 3.10. The fourth-order valence-corrected chi connectivity index (χ4v) is 2.91. The molecule has 1 fully saturated rings. The molecule has 0 aromatic heterocycles. The maximum Gasteiger partial charge on any atom is 0.262 e. The van der Waals surface area contributed by atoms with Crippen molar-refractivity contribution in [1.82, 2.24) is 10.7 Å². The Kier molecular flexibility index (Phi) is 7.13. The standard InChI is InChI=1S/C17H23N3O2S/c1-23-12-11-15(17(22)20-19-14-9-5-6-10-14)18-16(21)13-7-3-2-4-8-13/h2-4,7-8,15H,5-6,9-12H2,1H3,(H,18,21)(H,20,22)/t15-/m1/s1. The normalized spacial score (nSPS) is 15.1. The largest absolute Gasteiger partial charge is 0.340 e. The molecule has 0 spiro atoms. The molecule has 0 bridgehead atoms. The lowest BCUT2D eigenvalue weighted by atomic mass is 10.1. The van der Waals surface area contributed by atoms with Crippen LogP contribution in [0.25, 0.3) is 0 Å². The van der Waals surface area contributed by atoms with Crippen LogP contribution in [0.15, 0.2) is 35.4 Å². The van der Waals surface area contributed by atoms with Crippen molar-refractivity contribution in [1.29, 1.82) is 0 Å². The van der Waals surface area contributed by atoms with Crippen LogP contribution in [-0.2, 0) is 4.79 Å². The highest BCUT2D eigenvalue weighted by atomic mass is 32.2. The Morgan fingerprint density at radius 3 is 2.57 bits per heavy atom. The minimum atomic E-state index is -0.569. The van der Waals surface area contributed by atoms with Gasteiger partial charge < -0.3 is 5.32 Å². The molecule has 5 nitrogen and oxygen atoms in total. The Morgan fingerprint density at radius 1 is 1.22 bits per heavy atom. The number of hydrogen-bond acceptors (Lipinski definition) is 4. The van der Waals surface area contributed by atoms with Gasteiger partial charge in [-0.25, -0.2) is 5.43 Å². The van der Waals surface area contributed by atoms with Gasteiger partial charge in [-0.1, -0.05) is 18.2 Å². The summed E-state index contributed by atoms with van der Waals surface area (Å²) in [7, 11) is 0. The summed E-state index contributed by atoms with van der Waals surface area (Å²) in [6, 6.07) is 8.36. The van der Waals surface area contributed by atoms with Crippen molar-refractivity contribution in [3.05, 3.63) is 35.9 Å². The molecule has 1 atom stereocenters. The van der Waals surface area contributed by atoms with E-state index < -0.39 is 6.04 Å². The Hall–Kier alpha value is -1.82. The van der Waals surface area contributed by atoms with Crippen LogP contribution >= 0.6 is 11.8 Å². The molecule has 2 amide bonds. The lowest BCUT2D eigenvalue weighted by Crippen LogP contribution is -2.46. The predicted octanol–water partition coefficient (Wildman–Crippen LogP) is 2.58. The molecule has 0 saturated heterocycles. The zero-order valence-corrected chi connectivity index (χ0v) is 14.2. The zero-order valence-electron chi connectivity index (χ0n) is 13.4. The van der Waals surface area contributed by atoms with Crippen molar-refractivity contribution < 1.29 is 9.59 Å². The first-order chi connectivity index (χ1) is 11.2. The van der Waals surface area contributed by atoms with Crippen LogP contribution in [0, 0.1) is 0 Å². The average molecular weight is 333 g/mol. The highest BCUT2D eigenvalue weighted by Gasteiger charge is 2.21. The highest BCUT2D eigenvalue weighted by molar-refractivity contribution is 7.98. The third-order valence-corrected chi connectivity index (χ3v) is 4.42. The SMILES string of the molecule is CSCC[C@@H](NC(=O)c1ccccc1)C(=O)NN=C1CCCC1. The number of benzene rings is 1. The lowest BCUT2D eigenvalue weighted by molar-refractivity contribution is -0.123. The number of rotatable bonds is 7. The van der Waals surface area contributed by atoms with Gasteiger partial charge in [-0.05, 0) is 56.2 Å². The van der Waals surface area contributed by atoms with Crippen LogP contribution in [0.3, 0.4) is 0 Å². The monoisotopic (exact) mass is 333 g/mol. The molecule has 1 aliphatic carbocycles. The van der Waals surface area contributed by atoms with Crippen molar-refractivity contribution >= 4 is 29.3 Å². The van der Waals surface area contributed by atoms with E-state index in [1.54, 1.807) is 36.0 Å². The summed E-state index contributed by atoms with van der Waals surface area (Å²) >= 11 is 1.65. The molecule has 1 aromatic carbocycles. The zero-order chi connectivity index (χ0) is 16.5. The fraction of sp³-hybridized carbons (Fsp3) is 0.471. The second-order valence-electron chi connectivity index (χ2n) is 5.53. The van der Waals surface area contributed by atoms with Crippen LogP contribution < -0.4 is 10.7 Å². The third kappa shape index (κ3) is 5.71. The molecular formula is C17H23N3O2S. The van der Waals surface area contributed by atoms with Crippen molar-refractivity contribution in [2.75, 3.05) is 12.0 Å². The predicted molar refractivity (Wildman–Crippen MR) is 94.7 cm³/mol. The molecule has 0 radical (unpaired) electrons. The number of hydrogen-bond donors (Lipinski definition) is 2. The van der Waals surface area contributed by atoms with E-state index in [2.05, 4.69) is 15.8 Å². The number of amides is 2. The topological polar surface area (TPSA) is 70.6 Å². The molecule has 124 valence electrons. The minimum Gasteiger partial charge on any atom is -0.340 e. The second-order valence-corrected chi connectivity index (χ2v) is 6.52. The van der Waals surface area contributed by atoms with Gasteiger partial charge in [0, 0.05) is 11.3 Å². The van der Waals surface area contributed by atoms with Gasteiger partial charge in [0.05, 0.1) is 0 Å². The van der Waals surface area contributed by atoms with Gasteiger partial charge in [0.2, 0.25) is 0 Å². The molecule has 0 unspecified atom stereocenters. The first-order valence-corrected chi connectivity index (χ1v) is 9.30. The molecule has 0 heterocycles. The summed E-state index contributed by atoms with van der Waals surface area (Å²) < 4.78 is 0. The second kappa shape index (κ2) is 9.35. The van der Waals surface area contributed by atoms with Crippen molar-refractivity contribution in [2.24, 2.45) is 5.10 Å². The van der Waals surface area contributed by atoms with Crippen molar-refractivity contribution in [3.63, 3.8) is 0 Å². The summed E-state index contributed by atoms with van der Waals surface area (Å²) in [5.41, 5.74) is 4.21. The fourth-order valence-electron chi connectivity index (χ4n) is 2.44. The van der Waals surface area contributed by atoms with Crippen LogP contribution in [0.1, 0.15) is 42.5 Å². The van der Waals surface area contributed by atoms with E-state index in [4.69, 9.17) is 0 Å². The lowest BCUT2D eigenvalue weighted by Gasteiger charge is -2.17. The van der Waals surface area contributed by atoms with Gasteiger partial charge in [-0.15, -0.1) is 0 Å². The number of carbonyl (C=O) groups excluding carboxylic acids is 2. The Labute approximate surface area is 141 Å². The summed E-state index contributed by atoms with van der Waals surface area (Å²) in [6.45, 7) is 0. The number of thioether (sulfide) groups is 1. The van der Waals surface area contributed by atoms with Crippen LogP contribution in [0.4, 0.5) is 0 Å². The molecule has 2 N–H and O–H groups in total. The third-order valence-electron chi connectivity index (χ3n) is 3.77. The van der Waals surface area contributed by atoms with E-state index in [1.807, 2.05) is 12.3 Å². The summed E-state index contributed by atoms with van der Waals surface area (Å²) in [4.78, 5) is 24.6. The van der Waals surface area contributed by atoms with Crippen LogP contribution in [-0.4, -0.2) is 35.6 Å². The Balaban J connectivity index is 1.96. The molecule has 23 heavy (non-hydrogen) atoms. The van der Waals surface area contributed by atoms with E-state index in [0.29, 0.717) is 12.0 Å². The van der Waals surface area contributed by atoms with Crippen LogP contribution in [0.5, 0.6) is 0 Å². The van der Waals surface area contributed by atoms with Gasteiger partial charge in [0.15, 0.2) is 0 Å². The summed E-state index contributed by atoms with van der Waals surface area (Å²) in [5.74, 6) is 0.312. The molecule has 6 heteroatoms. The first-order valence-electron chi connectivity index (χ1n) is 7.91. The van der Waals surface area contributed by atoms with E-state index in [9.17, 15) is 9.59 Å². The van der Waals surface area contributed by atoms with E-state index in [0.717, 1.165) is 37.1 Å². The van der Waals surface area contributed by atoms with E-state index in [1.165, 1.54) is 0 Å². The smallest absolute Gasteiger partial charge is 0.262 e. The molecule has 1 aromatic rings. The highest BCUT2D eigenvalue weighted by Crippen LogP contribution is 2.14. The number of carbonyl (C=O) groups is 2. The minimum absolute atomic E-state index is 0.236. The summed E-state index contributed by atoms with van der Waals surface area (Å²) in [6.07, 6.45) is 6.73. The molecule has 1 saturated carbocycles. The maximum atomic E-state index is 12.3. The molecule has 0 aliphatic heterocycles. The van der Waals surface area contributed by atoms with Gasteiger partial charge >= 0.3 is 0 Å². The van der Waals surface area contributed by atoms with Gasteiger partial charge in [-0.2, -0.15) is 16.9 Å². The van der Waals surface area contributed by atoms with E-state index >= 15 is 0 Å². The molecular weight excluding hydrogens is 310 g/mol. The van der Waals surface area contributed by atoms with Crippen molar-refractivity contribution in [2.45, 2.75) is 38.1 Å². The van der Waals surface area contributed by atoms with Gasteiger partial charge in [0.1, 0.15) is 6.04 Å². The van der Waals surface area contributed by atoms with Gasteiger partial charge in [-0.3, -0.25) is 9.59 Å². The number of nitrogens with zero attached hydrogens (tertiary/aromatic N) is 1. The summed E-state index contributed by atoms with van der Waals surface area (Å²) in [5, 5.41) is 7.00.